The molecule has 4 heterocycles. The minimum Gasteiger partial charge on any atom is -0.381 e. The Balaban J connectivity index is 1.56. The third-order valence-corrected chi connectivity index (χ3v) is 6.10. The van der Waals surface area contributed by atoms with Crippen molar-refractivity contribution in [2.24, 2.45) is 5.92 Å². The molecular weight excluding hydrogens is 414 g/mol. The van der Waals surface area contributed by atoms with E-state index >= 15 is 0 Å². The topological polar surface area (TPSA) is 81.9 Å². The van der Waals surface area contributed by atoms with Crippen molar-refractivity contribution in [3.05, 3.63) is 82.4 Å². The van der Waals surface area contributed by atoms with Crippen molar-refractivity contribution in [2.75, 3.05) is 25.1 Å². The third-order valence-electron chi connectivity index (χ3n) is 6.10. The fraction of sp³-hybridized carbons (Fsp3) is 0.308. The van der Waals surface area contributed by atoms with Gasteiger partial charge in [0.15, 0.2) is 11.5 Å². The van der Waals surface area contributed by atoms with E-state index in [2.05, 4.69) is 34.3 Å². The van der Waals surface area contributed by atoms with E-state index in [4.69, 9.17) is 9.72 Å². The number of hydrogen-bond donors (Lipinski definition) is 1. The number of anilines is 1. The van der Waals surface area contributed by atoms with Crippen molar-refractivity contribution >= 4 is 17.0 Å². The van der Waals surface area contributed by atoms with Gasteiger partial charge in [0.25, 0.3) is 5.56 Å². The van der Waals surface area contributed by atoms with E-state index in [1.54, 1.807) is 17.0 Å². The lowest BCUT2D eigenvalue weighted by Gasteiger charge is -2.22. The van der Waals surface area contributed by atoms with Gasteiger partial charge in [0.05, 0.1) is 12.2 Å². The Bertz CT molecular complexity index is 1300. The number of fused-ring (bicyclic) bond motifs is 1. The van der Waals surface area contributed by atoms with Gasteiger partial charge in [-0.2, -0.15) is 0 Å². The molecule has 0 aliphatic carbocycles. The number of nitrogens with zero attached hydrogens (tertiary/aromatic N) is 4. The zero-order valence-electron chi connectivity index (χ0n) is 18.7. The van der Waals surface area contributed by atoms with Crippen LogP contribution in [0.2, 0.25) is 0 Å². The van der Waals surface area contributed by atoms with E-state index < -0.39 is 0 Å². The lowest BCUT2D eigenvalue weighted by Crippen LogP contribution is -2.29. The number of aryl methyl sites for hydroxylation is 1. The Kier molecular flexibility index (Phi) is 6.13. The summed E-state index contributed by atoms with van der Waals surface area (Å²) in [5.41, 5.74) is 5.02. The fourth-order valence-electron chi connectivity index (χ4n) is 4.13. The molecule has 1 saturated heterocycles. The quantitative estimate of drug-likeness (QED) is 0.486. The molecule has 168 valence electrons. The van der Waals surface area contributed by atoms with Gasteiger partial charge < -0.3 is 10.1 Å². The Morgan fingerprint density at radius 3 is 2.64 bits per heavy atom. The molecule has 1 fully saturated rings. The predicted molar refractivity (Wildman–Crippen MR) is 129 cm³/mol. The molecule has 33 heavy (non-hydrogen) atoms. The maximum atomic E-state index is 13.5. The Morgan fingerprint density at radius 2 is 1.88 bits per heavy atom. The Hall–Kier alpha value is -3.58. The molecule has 7 heteroatoms. The first-order chi connectivity index (χ1) is 16.2. The first kappa shape index (κ1) is 21.3. The predicted octanol–water partition coefficient (Wildman–Crippen LogP) is 4.05. The van der Waals surface area contributed by atoms with E-state index in [-0.39, 0.29) is 5.56 Å². The van der Waals surface area contributed by atoms with Gasteiger partial charge in [0, 0.05) is 37.7 Å². The summed E-state index contributed by atoms with van der Waals surface area (Å²) in [5, 5.41) is 3.31. The molecule has 1 N–H and O–H groups in total. The van der Waals surface area contributed by atoms with E-state index in [1.165, 1.54) is 5.56 Å². The SMILES string of the molecule is Cc1ccc(-c2ccc3nc(NCC4CCOCC4)c(=O)n(Cc4cccnc4)c3n2)cc1. The summed E-state index contributed by atoms with van der Waals surface area (Å²) in [6, 6.07) is 16.0. The van der Waals surface area contributed by atoms with Gasteiger partial charge in [-0.05, 0) is 49.4 Å². The largest absolute Gasteiger partial charge is 0.381 e. The standard InChI is InChI=1S/C26H27N5O2/c1-18-4-6-21(7-5-18)22-8-9-23-25(30-22)31(17-20-3-2-12-27-15-20)26(32)24(29-23)28-16-19-10-13-33-14-11-19/h2-9,12,15,19H,10-11,13-14,16-17H2,1H3,(H,28,29). The first-order valence-corrected chi connectivity index (χ1v) is 11.4. The highest BCUT2D eigenvalue weighted by molar-refractivity contribution is 5.76. The number of rotatable bonds is 6. The molecule has 0 saturated carbocycles. The van der Waals surface area contributed by atoms with Crippen LogP contribution in [0.25, 0.3) is 22.4 Å². The van der Waals surface area contributed by atoms with Crippen molar-refractivity contribution in [3.8, 4) is 11.3 Å². The molecule has 0 atom stereocenters. The summed E-state index contributed by atoms with van der Waals surface area (Å²) >= 11 is 0. The van der Waals surface area contributed by atoms with Gasteiger partial charge in [-0.3, -0.25) is 14.3 Å². The van der Waals surface area contributed by atoms with Crippen LogP contribution in [-0.4, -0.2) is 39.3 Å². The van der Waals surface area contributed by atoms with Crippen LogP contribution in [0.4, 0.5) is 5.82 Å². The normalized spacial score (nSPS) is 14.5. The smallest absolute Gasteiger partial charge is 0.295 e. The molecule has 1 aliphatic rings. The monoisotopic (exact) mass is 441 g/mol. The summed E-state index contributed by atoms with van der Waals surface area (Å²) in [4.78, 5) is 27.2. The summed E-state index contributed by atoms with van der Waals surface area (Å²) in [7, 11) is 0. The molecular formula is C26H27N5O2. The van der Waals surface area contributed by atoms with E-state index in [9.17, 15) is 4.79 Å². The van der Waals surface area contributed by atoms with Gasteiger partial charge in [-0.25, -0.2) is 9.97 Å². The molecule has 1 aromatic carbocycles. The van der Waals surface area contributed by atoms with Crippen LogP contribution >= 0.6 is 0 Å². The fourth-order valence-corrected chi connectivity index (χ4v) is 4.13. The summed E-state index contributed by atoms with van der Waals surface area (Å²) in [5.74, 6) is 0.840. The highest BCUT2D eigenvalue weighted by Gasteiger charge is 2.17. The minimum atomic E-state index is -0.174. The molecule has 3 aromatic heterocycles. The van der Waals surface area contributed by atoms with Gasteiger partial charge in [0.1, 0.15) is 5.52 Å². The average molecular weight is 442 g/mol. The summed E-state index contributed by atoms with van der Waals surface area (Å²) in [6.45, 7) is 4.69. The Morgan fingerprint density at radius 1 is 1.06 bits per heavy atom. The third kappa shape index (κ3) is 4.78. The van der Waals surface area contributed by atoms with Crippen molar-refractivity contribution in [1.29, 1.82) is 0 Å². The van der Waals surface area contributed by atoms with Crippen LogP contribution in [-0.2, 0) is 11.3 Å². The van der Waals surface area contributed by atoms with E-state index in [0.717, 1.165) is 42.9 Å². The van der Waals surface area contributed by atoms with Crippen LogP contribution in [0.3, 0.4) is 0 Å². The second kappa shape index (κ2) is 9.50. The van der Waals surface area contributed by atoms with Gasteiger partial charge >= 0.3 is 0 Å². The van der Waals surface area contributed by atoms with Crippen LogP contribution in [0, 0.1) is 12.8 Å². The summed E-state index contributed by atoms with van der Waals surface area (Å²) in [6.07, 6.45) is 5.49. The maximum Gasteiger partial charge on any atom is 0.295 e. The number of nitrogens with one attached hydrogen (secondary N) is 1. The van der Waals surface area contributed by atoms with Crippen LogP contribution in [0.5, 0.6) is 0 Å². The lowest BCUT2D eigenvalue weighted by atomic mass is 10.0. The lowest BCUT2D eigenvalue weighted by molar-refractivity contribution is 0.0699. The molecule has 5 rings (SSSR count). The highest BCUT2D eigenvalue weighted by atomic mass is 16.5. The molecule has 4 aromatic rings. The van der Waals surface area contributed by atoms with Crippen molar-refractivity contribution in [1.82, 2.24) is 19.5 Å². The molecule has 1 aliphatic heterocycles. The van der Waals surface area contributed by atoms with Crippen LogP contribution in [0.1, 0.15) is 24.0 Å². The maximum absolute atomic E-state index is 13.5. The second-order valence-corrected chi connectivity index (χ2v) is 8.55. The van der Waals surface area contributed by atoms with Gasteiger partial charge in [-0.1, -0.05) is 35.9 Å². The number of hydrogen-bond acceptors (Lipinski definition) is 6. The summed E-state index contributed by atoms with van der Waals surface area (Å²) < 4.78 is 7.15. The molecule has 0 spiro atoms. The van der Waals surface area contributed by atoms with Crippen LogP contribution in [0.15, 0.2) is 65.7 Å². The van der Waals surface area contributed by atoms with E-state index in [1.807, 2.05) is 36.4 Å². The zero-order valence-corrected chi connectivity index (χ0v) is 18.7. The molecule has 0 unspecified atom stereocenters. The highest BCUT2D eigenvalue weighted by Crippen LogP contribution is 2.22. The number of aromatic nitrogens is 4. The molecule has 7 nitrogen and oxygen atoms in total. The van der Waals surface area contributed by atoms with Crippen molar-refractivity contribution < 1.29 is 4.74 Å². The minimum absolute atomic E-state index is 0.174. The van der Waals surface area contributed by atoms with Gasteiger partial charge in [0.2, 0.25) is 0 Å². The number of ether oxygens (including phenoxy) is 1. The Labute approximate surface area is 192 Å². The van der Waals surface area contributed by atoms with Crippen molar-refractivity contribution in [3.63, 3.8) is 0 Å². The zero-order chi connectivity index (χ0) is 22.6. The van der Waals surface area contributed by atoms with Gasteiger partial charge in [-0.15, -0.1) is 0 Å². The average Bonchev–Trinajstić information content (AvgIpc) is 2.86. The first-order valence-electron chi connectivity index (χ1n) is 11.4. The number of pyridine rings is 2. The molecule has 0 amide bonds. The number of benzene rings is 1. The second-order valence-electron chi connectivity index (χ2n) is 8.55. The van der Waals surface area contributed by atoms with E-state index in [0.29, 0.717) is 36.0 Å². The molecule has 0 radical (unpaired) electrons. The van der Waals surface area contributed by atoms with Crippen LogP contribution < -0.4 is 10.9 Å². The molecule has 0 bridgehead atoms. The van der Waals surface area contributed by atoms with Crippen molar-refractivity contribution in [2.45, 2.75) is 26.3 Å².